The molecule has 1 unspecified atom stereocenters. The molecule has 0 saturated carbocycles. The van der Waals surface area contributed by atoms with Crippen molar-refractivity contribution in [3.05, 3.63) is 89.0 Å². The lowest BCUT2D eigenvalue weighted by Gasteiger charge is -2.24. The zero-order chi connectivity index (χ0) is 17.8. The fraction of sp³-hybridized carbons (Fsp3) is 0.273. The van der Waals surface area contributed by atoms with Gasteiger partial charge in [-0.2, -0.15) is 0 Å². The van der Waals surface area contributed by atoms with Crippen LogP contribution < -0.4 is 0 Å². The predicted molar refractivity (Wildman–Crippen MR) is 107 cm³/mol. The Morgan fingerprint density at radius 2 is 1.96 bits per heavy atom. The fourth-order valence-electron chi connectivity index (χ4n) is 3.67. The van der Waals surface area contributed by atoms with Gasteiger partial charge in [0.25, 0.3) is 0 Å². The van der Waals surface area contributed by atoms with Gasteiger partial charge in [-0.15, -0.1) is 0 Å². The van der Waals surface area contributed by atoms with Crippen molar-refractivity contribution in [1.82, 2.24) is 9.55 Å². The van der Waals surface area contributed by atoms with Crippen LogP contribution in [0.3, 0.4) is 0 Å². The molecular weight excluding hydrogens is 342 g/mol. The Hall–Kier alpha value is -2.39. The number of aromatic nitrogens is 2. The molecule has 1 atom stereocenters. The predicted octanol–water partition coefficient (Wildman–Crippen LogP) is 5.03. The summed E-state index contributed by atoms with van der Waals surface area (Å²) in [5.74, 6) is 0.451. The highest BCUT2D eigenvalue weighted by Gasteiger charge is 2.22. The summed E-state index contributed by atoms with van der Waals surface area (Å²) in [6.45, 7) is 1.79. The van der Waals surface area contributed by atoms with Crippen LogP contribution in [0.25, 0.3) is 0 Å². The van der Waals surface area contributed by atoms with Gasteiger partial charge in [-0.25, -0.2) is 0 Å². The van der Waals surface area contributed by atoms with Gasteiger partial charge in [0.2, 0.25) is 0 Å². The van der Waals surface area contributed by atoms with E-state index in [-0.39, 0.29) is 0 Å². The maximum absolute atomic E-state index is 6.00. The van der Waals surface area contributed by atoms with Crippen molar-refractivity contribution < 1.29 is 0 Å². The van der Waals surface area contributed by atoms with E-state index in [4.69, 9.17) is 16.6 Å². The Bertz CT molecular complexity index is 881. The lowest BCUT2D eigenvalue weighted by molar-refractivity contribution is 0.547. The monoisotopic (exact) mass is 363 g/mol. The van der Waals surface area contributed by atoms with Gasteiger partial charge in [-0.1, -0.05) is 29.8 Å². The topological polar surface area (TPSA) is 30.2 Å². The van der Waals surface area contributed by atoms with E-state index in [0.29, 0.717) is 5.92 Å². The van der Waals surface area contributed by atoms with Crippen LogP contribution in [-0.4, -0.2) is 21.8 Å². The number of pyridine rings is 1. The molecule has 0 amide bonds. The first-order valence-corrected chi connectivity index (χ1v) is 9.50. The van der Waals surface area contributed by atoms with Gasteiger partial charge >= 0.3 is 0 Å². The van der Waals surface area contributed by atoms with Gasteiger partial charge in [-0.05, 0) is 55.2 Å². The summed E-state index contributed by atoms with van der Waals surface area (Å²) in [5.41, 5.74) is 4.98. The average molecular weight is 364 g/mol. The van der Waals surface area contributed by atoms with Gasteiger partial charge in [0, 0.05) is 59.6 Å². The molecule has 2 aromatic heterocycles. The van der Waals surface area contributed by atoms with Gasteiger partial charge < -0.3 is 4.57 Å². The highest BCUT2D eigenvalue weighted by atomic mass is 35.5. The third kappa shape index (κ3) is 3.88. The highest BCUT2D eigenvalue weighted by molar-refractivity contribution is 6.30. The Balaban J connectivity index is 1.54. The molecule has 3 nitrogen and oxygen atoms in total. The Kier molecular flexibility index (Phi) is 5.16. The molecule has 3 aromatic rings. The molecule has 0 spiro atoms. The summed E-state index contributed by atoms with van der Waals surface area (Å²) < 4.78 is 2.33. The van der Waals surface area contributed by atoms with E-state index >= 15 is 0 Å². The third-order valence-corrected chi connectivity index (χ3v) is 5.23. The van der Waals surface area contributed by atoms with Crippen LogP contribution in [0.5, 0.6) is 0 Å². The molecule has 0 N–H and O–H groups in total. The van der Waals surface area contributed by atoms with E-state index < -0.39 is 0 Å². The van der Waals surface area contributed by atoms with Gasteiger partial charge in [0.05, 0.1) is 0 Å². The minimum atomic E-state index is 0.451. The SMILES string of the molecule is Clc1ccc(Cn2cccc2CC2CCCN=C2c2cccnc2)cc1. The van der Waals surface area contributed by atoms with Crippen molar-refractivity contribution in [2.24, 2.45) is 10.9 Å². The molecule has 26 heavy (non-hydrogen) atoms. The van der Waals surface area contributed by atoms with Crippen LogP contribution in [0, 0.1) is 5.92 Å². The second-order valence-electron chi connectivity index (χ2n) is 6.81. The number of benzene rings is 1. The number of hydrogen-bond donors (Lipinski definition) is 0. The molecule has 0 radical (unpaired) electrons. The molecule has 132 valence electrons. The van der Waals surface area contributed by atoms with Gasteiger partial charge in [-0.3, -0.25) is 9.98 Å². The molecule has 0 aliphatic carbocycles. The molecule has 0 fully saturated rings. The summed E-state index contributed by atoms with van der Waals surface area (Å²) in [6.07, 6.45) is 9.26. The molecule has 3 heterocycles. The molecule has 0 bridgehead atoms. The normalized spacial score (nSPS) is 17.1. The average Bonchev–Trinajstić information content (AvgIpc) is 3.11. The Morgan fingerprint density at radius 3 is 2.77 bits per heavy atom. The van der Waals surface area contributed by atoms with Crippen LogP contribution in [0.1, 0.15) is 29.7 Å². The highest BCUT2D eigenvalue weighted by Crippen LogP contribution is 2.24. The van der Waals surface area contributed by atoms with Crippen LogP contribution in [0.15, 0.2) is 72.1 Å². The van der Waals surface area contributed by atoms with Crippen molar-refractivity contribution >= 4 is 17.3 Å². The summed E-state index contributed by atoms with van der Waals surface area (Å²) >= 11 is 6.00. The molecular formula is C22H22ClN3. The minimum absolute atomic E-state index is 0.451. The maximum atomic E-state index is 6.00. The lowest BCUT2D eigenvalue weighted by atomic mass is 9.87. The molecule has 1 aliphatic rings. The number of rotatable bonds is 5. The number of hydrogen-bond acceptors (Lipinski definition) is 2. The summed E-state index contributed by atoms with van der Waals surface area (Å²) in [7, 11) is 0. The van der Waals surface area contributed by atoms with E-state index in [1.807, 2.05) is 30.6 Å². The quantitative estimate of drug-likeness (QED) is 0.625. The molecule has 1 aliphatic heterocycles. The zero-order valence-electron chi connectivity index (χ0n) is 14.7. The maximum Gasteiger partial charge on any atom is 0.0472 e. The molecule has 0 saturated heterocycles. The summed E-state index contributed by atoms with van der Waals surface area (Å²) in [6, 6.07) is 16.6. The van der Waals surface area contributed by atoms with E-state index in [2.05, 4.69) is 46.1 Å². The first-order valence-electron chi connectivity index (χ1n) is 9.13. The van der Waals surface area contributed by atoms with E-state index in [9.17, 15) is 0 Å². The molecule has 1 aromatic carbocycles. The van der Waals surface area contributed by atoms with Crippen molar-refractivity contribution in [2.45, 2.75) is 25.8 Å². The minimum Gasteiger partial charge on any atom is -0.347 e. The third-order valence-electron chi connectivity index (χ3n) is 4.98. The summed E-state index contributed by atoms with van der Waals surface area (Å²) in [5, 5.41) is 0.779. The standard InChI is InChI=1S/C22H22ClN3/c23-20-9-7-17(8-10-20)16-26-13-3-6-21(26)14-18-4-2-12-25-22(18)19-5-1-11-24-15-19/h1,3,5-11,13,15,18H,2,4,12,14,16H2. The largest absolute Gasteiger partial charge is 0.347 e. The number of aliphatic imine (C=N–C) groups is 1. The number of halogens is 1. The van der Waals surface area contributed by atoms with Crippen LogP contribution in [0.2, 0.25) is 5.02 Å². The van der Waals surface area contributed by atoms with Crippen LogP contribution in [-0.2, 0) is 13.0 Å². The summed E-state index contributed by atoms with van der Waals surface area (Å²) in [4.78, 5) is 9.11. The zero-order valence-corrected chi connectivity index (χ0v) is 15.4. The van der Waals surface area contributed by atoms with Crippen LogP contribution >= 0.6 is 11.6 Å². The van der Waals surface area contributed by atoms with E-state index in [0.717, 1.165) is 36.5 Å². The second kappa shape index (κ2) is 7.88. The first kappa shape index (κ1) is 17.0. The van der Waals surface area contributed by atoms with Crippen molar-refractivity contribution in [1.29, 1.82) is 0 Å². The smallest absolute Gasteiger partial charge is 0.0472 e. The lowest BCUT2D eigenvalue weighted by Crippen LogP contribution is -2.24. The van der Waals surface area contributed by atoms with Gasteiger partial charge in [0.15, 0.2) is 0 Å². The fourth-order valence-corrected chi connectivity index (χ4v) is 3.80. The van der Waals surface area contributed by atoms with Crippen molar-refractivity contribution in [3.63, 3.8) is 0 Å². The Morgan fingerprint density at radius 1 is 1.08 bits per heavy atom. The van der Waals surface area contributed by atoms with E-state index in [1.54, 1.807) is 0 Å². The number of nitrogens with zero attached hydrogens (tertiary/aromatic N) is 3. The molecule has 4 rings (SSSR count). The van der Waals surface area contributed by atoms with Crippen molar-refractivity contribution in [2.75, 3.05) is 6.54 Å². The second-order valence-corrected chi connectivity index (χ2v) is 7.24. The Labute approximate surface area is 159 Å². The van der Waals surface area contributed by atoms with Crippen LogP contribution in [0.4, 0.5) is 0 Å². The van der Waals surface area contributed by atoms with Crippen molar-refractivity contribution in [3.8, 4) is 0 Å². The van der Waals surface area contributed by atoms with Gasteiger partial charge in [0.1, 0.15) is 0 Å². The first-order chi connectivity index (χ1) is 12.8. The van der Waals surface area contributed by atoms with E-state index in [1.165, 1.54) is 23.4 Å². The molecule has 4 heteroatoms.